The van der Waals surface area contributed by atoms with E-state index in [1.54, 1.807) is 13.2 Å². The summed E-state index contributed by atoms with van der Waals surface area (Å²) in [5.74, 6) is 6.96. The molecule has 4 heterocycles. The first-order valence-electron chi connectivity index (χ1n) is 10.8. The molecule has 2 aromatic heterocycles. The molecule has 2 aliphatic heterocycles. The topological polar surface area (TPSA) is 118 Å². The summed E-state index contributed by atoms with van der Waals surface area (Å²) in [6.07, 6.45) is 1.95. The van der Waals surface area contributed by atoms with E-state index in [4.69, 9.17) is 20.4 Å². The third kappa shape index (κ3) is 3.95. The second kappa shape index (κ2) is 8.31. The molecular formula is C24H24N6O3. The van der Waals surface area contributed by atoms with Crippen molar-refractivity contribution in [3.8, 4) is 23.2 Å². The number of carbonyl (C=O) groups is 1. The minimum Gasteiger partial charge on any atom is -0.382 e. The highest BCUT2D eigenvalue weighted by Crippen LogP contribution is 2.30. The average molecular weight is 444 g/mol. The van der Waals surface area contributed by atoms with Crippen molar-refractivity contribution in [2.45, 2.75) is 12.0 Å². The number of likely N-dealkylation sites (tertiary alicyclic amines) is 1. The molecule has 33 heavy (non-hydrogen) atoms. The maximum Gasteiger partial charge on any atom is 0.267 e. The van der Waals surface area contributed by atoms with Crippen LogP contribution in [0.3, 0.4) is 0 Å². The zero-order valence-corrected chi connectivity index (χ0v) is 18.3. The van der Waals surface area contributed by atoms with Gasteiger partial charge in [0.1, 0.15) is 17.2 Å². The molecule has 9 heteroatoms. The molecule has 0 bridgehead atoms. The van der Waals surface area contributed by atoms with Crippen molar-refractivity contribution < 1.29 is 14.6 Å². The number of fused-ring (bicyclic) bond motifs is 1. The van der Waals surface area contributed by atoms with Crippen LogP contribution < -0.4 is 10.6 Å². The molecule has 0 unspecified atom stereocenters. The smallest absolute Gasteiger partial charge is 0.267 e. The first kappa shape index (κ1) is 21.1. The van der Waals surface area contributed by atoms with Crippen LogP contribution in [-0.2, 0) is 9.53 Å². The number of benzene rings is 1. The van der Waals surface area contributed by atoms with Gasteiger partial charge in [-0.05, 0) is 18.2 Å². The van der Waals surface area contributed by atoms with Crippen molar-refractivity contribution >= 4 is 28.4 Å². The number of nitrogens with zero attached hydrogens (tertiary/aromatic N) is 5. The summed E-state index contributed by atoms with van der Waals surface area (Å²) in [5.41, 5.74) is 6.51. The van der Waals surface area contributed by atoms with E-state index in [1.165, 1.54) is 4.90 Å². The molecule has 1 amide bonds. The number of anilines is 2. The van der Waals surface area contributed by atoms with Crippen molar-refractivity contribution in [3.05, 3.63) is 42.1 Å². The van der Waals surface area contributed by atoms with E-state index in [-0.39, 0.29) is 12.3 Å². The Hall–Kier alpha value is -3.74. The summed E-state index contributed by atoms with van der Waals surface area (Å²) in [6.45, 7) is 3.18. The van der Waals surface area contributed by atoms with Gasteiger partial charge in [-0.25, -0.2) is 15.0 Å². The fourth-order valence-corrected chi connectivity index (χ4v) is 4.09. The number of hydrogen-bond acceptors (Lipinski definition) is 8. The van der Waals surface area contributed by atoms with Gasteiger partial charge in [0.2, 0.25) is 5.60 Å². The molecule has 3 N–H and O–H groups in total. The van der Waals surface area contributed by atoms with E-state index in [0.29, 0.717) is 42.5 Å². The molecule has 0 radical (unpaired) electrons. The number of morpholine rings is 1. The zero-order chi connectivity index (χ0) is 23.0. The van der Waals surface area contributed by atoms with E-state index in [1.807, 2.05) is 30.3 Å². The number of amides is 1. The highest BCUT2D eigenvalue weighted by molar-refractivity contribution is 5.96. The Bertz CT molecular complexity index is 1290. The Kier molecular flexibility index (Phi) is 5.32. The van der Waals surface area contributed by atoms with Gasteiger partial charge in [-0.2, -0.15) is 0 Å². The monoisotopic (exact) mass is 444 g/mol. The standard InChI is InChI=1S/C24H24N6O3/c1-29-10-8-24(32,23(29)31)7-5-16-3-2-4-17(15-16)21-27-19-18(6-9-26-20(19)25)22(28-21)30-11-13-33-14-12-30/h2-4,6,9,15,32H,8,10-14H2,1H3,(H2,25,26)/t24-/m0/s1. The first-order chi connectivity index (χ1) is 15.9. The van der Waals surface area contributed by atoms with Crippen LogP contribution in [-0.4, -0.2) is 76.4 Å². The van der Waals surface area contributed by atoms with Crippen molar-refractivity contribution in [2.24, 2.45) is 0 Å². The Labute approximate surface area is 191 Å². The normalized spacial score (nSPS) is 20.7. The molecule has 5 rings (SSSR count). The number of likely N-dealkylation sites (N-methyl/N-ethyl adjacent to an activating group) is 1. The lowest BCUT2D eigenvalue weighted by Gasteiger charge is -2.29. The summed E-state index contributed by atoms with van der Waals surface area (Å²) < 4.78 is 5.49. The lowest BCUT2D eigenvalue weighted by atomic mass is 10.0. The molecule has 3 aromatic rings. The highest BCUT2D eigenvalue weighted by Gasteiger charge is 2.42. The number of nitrogens with two attached hydrogens (primary N) is 1. The number of pyridine rings is 1. The molecule has 0 spiro atoms. The van der Waals surface area contributed by atoms with Crippen LogP contribution in [0.25, 0.3) is 22.3 Å². The minimum absolute atomic E-state index is 0.290. The van der Waals surface area contributed by atoms with E-state index < -0.39 is 5.60 Å². The number of aromatic nitrogens is 3. The maximum absolute atomic E-state index is 12.2. The summed E-state index contributed by atoms with van der Waals surface area (Å²) in [5, 5.41) is 11.4. The number of ether oxygens (including phenoxy) is 1. The van der Waals surface area contributed by atoms with Crippen molar-refractivity contribution in [2.75, 3.05) is 50.5 Å². The lowest BCUT2D eigenvalue weighted by Crippen LogP contribution is -2.37. The van der Waals surface area contributed by atoms with Crippen LogP contribution in [0.15, 0.2) is 36.5 Å². The van der Waals surface area contributed by atoms with Crippen molar-refractivity contribution in [1.29, 1.82) is 0 Å². The first-order valence-corrected chi connectivity index (χ1v) is 10.8. The number of rotatable bonds is 2. The van der Waals surface area contributed by atoms with Gasteiger partial charge in [0, 0.05) is 55.8 Å². The number of aliphatic hydroxyl groups is 1. The molecule has 168 valence electrons. The van der Waals surface area contributed by atoms with Crippen LogP contribution in [0, 0.1) is 11.8 Å². The number of nitrogen functional groups attached to an aromatic ring is 1. The van der Waals surface area contributed by atoms with Gasteiger partial charge in [-0.15, -0.1) is 0 Å². The fourth-order valence-electron chi connectivity index (χ4n) is 4.09. The van der Waals surface area contributed by atoms with E-state index in [9.17, 15) is 9.90 Å². The molecular weight excluding hydrogens is 420 g/mol. The maximum atomic E-state index is 12.2. The minimum atomic E-state index is -1.65. The second-order valence-electron chi connectivity index (χ2n) is 8.23. The van der Waals surface area contributed by atoms with Crippen molar-refractivity contribution in [1.82, 2.24) is 19.9 Å². The Balaban J connectivity index is 1.56. The third-order valence-corrected chi connectivity index (χ3v) is 5.98. The molecule has 1 aromatic carbocycles. The van der Waals surface area contributed by atoms with Gasteiger partial charge in [-0.3, -0.25) is 4.79 Å². The van der Waals surface area contributed by atoms with Crippen LogP contribution in [0.2, 0.25) is 0 Å². The van der Waals surface area contributed by atoms with Crippen LogP contribution in [0.5, 0.6) is 0 Å². The van der Waals surface area contributed by atoms with Gasteiger partial charge >= 0.3 is 0 Å². The molecule has 2 aliphatic rings. The quantitative estimate of drug-likeness (QED) is 0.564. The second-order valence-corrected chi connectivity index (χ2v) is 8.23. The molecule has 9 nitrogen and oxygen atoms in total. The largest absolute Gasteiger partial charge is 0.382 e. The number of hydrogen-bond donors (Lipinski definition) is 2. The summed E-state index contributed by atoms with van der Waals surface area (Å²) in [7, 11) is 1.66. The highest BCUT2D eigenvalue weighted by atomic mass is 16.5. The van der Waals surface area contributed by atoms with Gasteiger partial charge in [0.15, 0.2) is 5.82 Å². The SMILES string of the molecule is CN1CC[C@@](O)(C#Cc2cccc(-c3nc(N4CCOCC4)c4ccnc(N)c4n3)c2)C1=O. The molecule has 2 fully saturated rings. The number of carbonyl (C=O) groups excluding carboxylic acids is 1. The van der Waals surface area contributed by atoms with Gasteiger partial charge in [0.05, 0.1) is 13.2 Å². The van der Waals surface area contributed by atoms with Gasteiger partial charge < -0.3 is 25.4 Å². The van der Waals surface area contributed by atoms with E-state index in [2.05, 4.69) is 21.7 Å². The average Bonchev–Trinajstić information content (AvgIpc) is 3.11. The Morgan fingerprint density at radius 3 is 2.76 bits per heavy atom. The van der Waals surface area contributed by atoms with E-state index >= 15 is 0 Å². The summed E-state index contributed by atoms with van der Waals surface area (Å²) in [4.78, 5) is 29.6. The van der Waals surface area contributed by atoms with Gasteiger partial charge in [0.25, 0.3) is 5.91 Å². The van der Waals surface area contributed by atoms with E-state index in [0.717, 1.165) is 29.9 Å². The van der Waals surface area contributed by atoms with Crippen LogP contribution in [0.1, 0.15) is 12.0 Å². The third-order valence-electron chi connectivity index (χ3n) is 5.98. The molecule has 1 atom stereocenters. The predicted molar refractivity (Wildman–Crippen MR) is 124 cm³/mol. The summed E-state index contributed by atoms with van der Waals surface area (Å²) >= 11 is 0. The summed E-state index contributed by atoms with van der Waals surface area (Å²) in [6, 6.07) is 9.28. The Morgan fingerprint density at radius 1 is 1.18 bits per heavy atom. The molecule has 2 saturated heterocycles. The van der Waals surface area contributed by atoms with Crippen LogP contribution >= 0.6 is 0 Å². The Morgan fingerprint density at radius 2 is 2.00 bits per heavy atom. The predicted octanol–water partition coefficient (Wildman–Crippen LogP) is 1.06. The lowest BCUT2D eigenvalue weighted by molar-refractivity contribution is -0.137. The fraction of sp³-hybridized carbons (Fsp3) is 0.333. The van der Waals surface area contributed by atoms with Gasteiger partial charge in [-0.1, -0.05) is 24.0 Å². The molecule has 0 saturated carbocycles. The van der Waals surface area contributed by atoms with Crippen LogP contribution in [0.4, 0.5) is 11.6 Å². The van der Waals surface area contributed by atoms with Crippen molar-refractivity contribution in [3.63, 3.8) is 0 Å². The zero-order valence-electron chi connectivity index (χ0n) is 18.3. The molecule has 0 aliphatic carbocycles.